The molecule has 1 aromatic heterocycles. The fourth-order valence-electron chi connectivity index (χ4n) is 2.75. The molecule has 1 aliphatic rings. The molecule has 2 aromatic rings. The number of carbonyl (C=O) groups is 1. The lowest BCUT2D eigenvalue weighted by molar-refractivity contribution is 0.0614. The smallest absolute Gasteiger partial charge is 0.274 e. The third kappa shape index (κ3) is 5.48. The molecule has 0 spiro atoms. The van der Waals surface area contributed by atoms with Gasteiger partial charge in [0.1, 0.15) is 12.4 Å². The summed E-state index contributed by atoms with van der Waals surface area (Å²) in [5.74, 6) is 0.658. The summed E-state index contributed by atoms with van der Waals surface area (Å²) < 4.78 is 5.73. The molecule has 2 heterocycles. The molecule has 3 rings (SSSR count). The van der Waals surface area contributed by atoms with E-state index in [4.69, 9.17) is 27.9 Å². The number of rotatable bonds is 6. The second kappa shape index (κ2) is 9.59. The zero-order valence-electron chi connectivity index (χ0n) is 14.9. The summed E-state index contributed by atoms with van der Waals surface area (Å²) in [4.78, 5) is 25.1. The first kappa shape index (κ1) is 20.2. The number of carbonyl (C=O) groups excluding carboxylic acids is 1. The Morgan fingerprint density at radius 2 is 1.89 bits per heavy atom. The highest BCUT2D eigenvalue weighted by Gasteiger charge is 2.25. The topological polar surface area (TPSA) is 58.6 Å². The van der Waals surface area contributed by atoms with Crippen molar-refractivity contribution in [2.24, 2.45) is 0 Å². The third-order valence-electron chi connectivity index (χ3n) is 4.26. The van der Waals surface area contributed by atoms with E-state index in [0.29, 0.717) is 29.9 Å². The van der Waals surface area contributed by atoms with Gasteiger partial charge in [0.15, 0.2) is 10.9 Å². The molecule has 0 bridgehead atoms. The van der Waals surface area contributed by atoms with E-state index in [1.54, 1.807) is 4.90 Å². The number of amides is 1. The van der Waals surface area contributed by atoms with Crippen molar-refractivity contribution in [3.63, 3.8) is 0 Å². The van der Waals surface area contributed by atoms with Gasteiger partial charge in [-0.2, -0.15) is 0 Å². The predicted molar refractivity (Wildman–Crippen MR) is 108 cm³/mol. The summed E-state index contributed by atoms with van der Waals surface area (Å²) in [5, 5.41) is 1.52. The third-order valence-corrected chi connectivity index (χ3v) is 5.35. The van der Waals surface area contributed by atoms with Crippen molar-refractivity contribution < 1.29 is 9.53 Å². The summed E-state index contributed by atoms with van der Waals surface area (Å²) in [5.41, 5.74) is 0.274. The van der Waals surface area contributed by atoms with Gasteiger partial charge in [0.25, 0.3) is 5.91 Å². The minimum Gasteiger partial charge on any atom is -0.492 e. The molecule has 6 nitrogen and oxygen atoms in total. The molecular formula is C18H20Cl2N4O2S. The van der Waals surface area contributed by atoms with Crippen molar-refractivity contribution in [3.05, 3.63) is 46.2 Å². The van der Waals surface area contributed by atoms with E-state index in [9.17, 15) is 4.79 Å². The monoisotopic (exact) mass is 426 g/mol. The molecule has 1 saturated heterocycles. The van der Waals surface area contributed by atoms with E-state index in [1.165, 1.54) is 18.0 Å². The molecule has 1 aliphatic heterocycles. The van der Waals surface area contributed by atoms with E-state index in [1.807, 2.05) is 30.5 Å². The number of benzene rings is 1. The largest absolute Gasteiger partial charge is 0.492 e. The fraction of sp³-hybridized carbons (Fsp3) is 0.389. The molecule has 0 saturated carbocycles. The Hall–Kier alpha value is -1.54. The van der Waals surface area contributed by atoms with Crippen molar-refractivity contribution >= 4 is 40.9 Å². The number of piperazine rings is 1. The number of hydrogen-bond acceptors (Lipinski definition) is 6. The van der Waals surface area contributed by atoms with Gasteiger partial charge in [-0.1, -0.05) is 35.0 Å². The van der Waals surface area contributed by atoms with Crippen molar-refractivity contribution in [2.75, 3.05) is 45.6 Å². The van der Waals surface area contributed by atoms with Crippen LogP contribution in [0.25, 0.3) is 0 Å². The van der Waals surface area contributed by atoms with Crippen LogP contribution in [-0.4, -0.2) is 71.3 Å². The number of thioether (sulfide) groups is 1. The van der Waals surface area contributed by atoms with Crippen LogP contribution < -0.4 is 4.74 Å². The van der Waals surface area contributed by atoms with Crippen LogP contribution in [0, 0.1) is 0 Å². The first-order valence-corrected chi connectivity index (χ1v) is 10.5. The van der Waals surface area contributed by atoms with E-state index in [2.05, 4.69) is 14.9 Å². The maximum atomic E-state index is 12.7. The van der Waals surface area contributed by atoms with Gasteiger partial charge in [-0.05, 0) is 30.5 Å². The summed E-state index contributed by atoms with van der Waals surface area (Å²) in [7, 11) is 0. The molecule has 0 radical (unpaired) electrons. The average molecular weight is 427 g/mol. The number of ether oxygens (including phenoxy) is 1. The minimum atomic E-state index is -0.144. The van der Waals surface area contributed by atoms with Crippen LogP contribution in [-0.2, 0) is 0 Å². The van der Waals surface area contributed by atoms with Gasteiger partial charge in [0, 0.05) is 37.7 Å². The van der Waals surface area contributed by atoms with Crippen LogP contribution in [0.5, 0.6) is 5.75 Å². The Morgan fingerprint density at radius 1 is 1.19 bits per heavy atom. The van der Waals surface area contributed by atoms with Gasteiger partial charge in [-0.3, -0.25) is 9.69 Å². The zero-order chi connectivity index (χ0) is 19.2. The van der Waals surface area contributed by atoms with Crippen LogP contribution in [0.3, 0.4) is 0 Å². The lowest BCUT2D eigenvalue weighted by atomic mass is 10.2. The summed E-state index contributed by atoms with van der Waals surface area (Å²) in [6, 6.07) is 7.32. The maximum absolute atomic E-state index is 12.7. The molecule has 144 valence electrons. The summed E-state index contributed by atoms with van der Waals surface area (Å²) >= 11 is 13.4. The van der Waals surface area contributed by atoms with Crippen molar-refractivity contribution in [1.29, 1.82) is 0 Å². The Labute approximate surface area is 172 Å². The van der Waals surface area contributed by atoms with E-state index in [0.717, 1.165) is 25.4 Å². The number of hydrogen-bond donors (Lipinski definition) is 0. The minimum absolute atomic E-state index is 0.144. The molecule has 0 aliphatic carbocycles. The van der Waals surface area contributed by atoms with E-state index in [-0.39, 0.29) is 16.6 Å². The quantitative estimate of drug-likeness (QED) is 0.521. The SMILES string of the molecule is CSc1ncc(Cl)c(C(=O)N2CCN(CCOc3ccc(Cl)cc3)CC2)n1. The summed E-state index contributed by atoms with van der Waals surface area (Å²) in [6.07, 6.45) is 3.35. The van der Waals surface area contributed by atoms with Crippen molar-refractivity contribution in [1.82, 2.24) is 19.8 Å². The van der Waals surface area contributed by atoms with Crippen LogP contribution in [0.2, 0.25) is 10.0 Å². The molecule has 1 amide bonds. The Kier molecular flexibility index (Phi) is 7.18. The highest BCUT2D eigenvalue weighted by Crippen LogP contribution is 2.19. The van der Waals surface area contributed by atoms with Gasteiger partial charge in [0.05, 0.1) is 11.2 Å². The highest BCUT2D eigenvalue weighted by atomic mass is 35.5. The lowest BCUT2D eigenvalue weighted by Gasteiger charge is -2.34. The first-order valence-electron chi connectivity index (χ1n) is 8.53. The maximum Gasteiger partial charge on any atom is 0.274 e. The predicted octanol–water partition coefficient (Wildman–Crippen LogP) is 3.34. The van der Waals surface area contributed by atoms with Gasteiger partial charge in [-0.25, -0.2) is 9.97 Å². The molecule has 1 fully saturated rings. The standard InChI is InChI=1S/C18H20Cl2N4O2S/c1-27-18-21-12-15(20)16(22-18)17(25)24-8-6-23(7-9-24)10-11-26-14-4-2-13(19)3-5-14/h2-5,12H,6-11H2,1H3. The Balaban J connectivity index is 1.47. The molecule has 27 heavy (non-hydrogen) atoms. The van der Waals surface area contributed by atoms with Crippen molar-refractivity contribution in [2.45, 2.75) is 5.16 Å². The van der Waals surface area contributed by atoms with E-state index < -0.39 is 0 Å². The molecular weight excluding hydrogens is 407 g/mol. The Morgan fingerprint density at radius 3 is 2.56 bits per heavy atom. The molecule has 1 aromatic carbocycles. The second-order valence-corrected chi connectivity index (χ2v) is 7.61. The van der Waals surface area contributed by atoms with Crippen LogP contribution >= 0.6 is 35.0 Å². The van der Waals surface area contributed by atoms with Crippen LogP contribution in [0.4, 0.5) is 0 Å². The van der Waals surface area contributed by atoms with Crippen molar-refractivity contribution in [3.8, 4) is 5.75 Å². The fourth-order valence-corrected chi connectivity index (χ4v) is 3.39. The average Bonchev–Trinajstić information content (AvgIpc) is 2.70. The second-order valence-electron chi connectivity index (χ2n) is 5.99. The van der Waals surface area contributed by atoms with Gasteiger partial charge in [0.2, 0.25) is 0 Å². The number of halogens is 2. The number of nitrogens with zero attached hydrogens (tertiary/aromatic N) is 4. The lowest BCUT2D eigenvalue weighted by Crippen LogP contribution is -2.49. The summed E-state index contributed by atoms with van der Waals surface area (Å²) in [6.45, 7) is 4.23. The van der Waals surface area contributed by atoms with Gasteiger partial charge >= 0.3 is 0 Å². The van der Waals surface area contributed by atoms with Crippen LogP contribution in [0.1, 0.15) is 10.5 Å². The molecule has 9 heteroatoms. The first-order chi connectivity index (χ1) is 13.1. The Bertz CT molecular complexity index is 783. The number of aromatic nitrogens is 2. The van der Waals surface area contributed by atoms with Gasteiger partial charge in [-0.15, -0.1) is 0 Å². The van der Waals surface area contributed by atoms with Gasteiger partial charge < -0.3 is 9.64 Å². The normalized spacial score (nSPS) is 15.0. The van der Waals surface area contributed by atoms with E-state index >= 15 is 0 Å². The zero-order valence-corrected chi connectivity index (χ0v) is 17.2. The molecule has 0 atom stereocenters. The van der Waals surface area contributed by atoms with Crippen LogP contribution in [0.15, 0.2) is 35.6 Å². The molecule has 0 unspecified atom stereocenters. The highest BCUT2D eigenvalue weighted by molar-refractivity contribution is 7.98. The molecule has 0 N–H and O–H groups in total.